The van der Waals surface area contributed by atoms with Crippen molar-refractivity contribution in [2.24, 2.45) is 0 Å². The molecule has 0 aliphatic carbocycles. The number of carbonyl (C=O) groups is 1. The summed E-state index contributed by atoms with van der Waals surface area (Å²) in [5.74, 6) is -5.81. The Hall–Kier alpha value is -1.89. The van der Waals surface area contributed by atoms with Gasteiger partial charge in [-0.2, -0.15) is 4.39 Å². The van der Waals surface area contributed by atoms with Crippen molar-refractivity contribution in [3.63, 3.8) is 0 Å². The monoisotopic (exact) mass is 362 g/mol. The van der Waals surface area contributed by atoms with E-state index in [1.165, 1.54) is 0 Å². The van der Waals surface area contributed by atoms with Crippen molar-refractivity contribution in [1.29, 1.82) is 0 Å². The Morgan fingerprint density at radius 2 is 1.71 bits per heavy atom. The summed E-state index contributed by atoms with van der Waals surface area (Å²) >= 11 is 2.95. The third-order valence-corrected chi connectivity index (χ3v) is 3.02. The van der Waals surface area contributed by atoms with Crippen molar-refractivity contribution in [2.75, 3.05) is 6.61 Å². The zero-order valence-electron chi connectivity index (χ0n) is 10.3. The molecule has 0 fully saturated rings. The Kier molecular flexibility index (Phi) is 4.62. The predicted octanol–water partition coefficient (Wildman–Crippen LogP) is 4.27. The Morgan fingerprint density at radius 3 is 2.38 bits per heavy atom. The first-order chi connectivity index (χ1) is 9.88. The van der Waals surface area contributed by atoms with Crippen molar-refractivity contribution in [2.45, 2.75) is 0 Å². The molecule has 0 saturated heterocycles. The fourth-order valence-electron chi connectivity index (χ4n) is 1.53. The van der Waals surface area contributed by atoms with Gasteiger partial charge >= 0.3 is 0 Å². The molecule has 7 heteroatoms. The van der Waals surface area contributed by atoms with E-state index in [0.717, 1.165) is 24.3 Å². The van der Waals surface area contributed by atoms with E-state index in [-0.39, 0.29) is 10.0 Å². The van der Waals surface area contributed by atoms with Crippen LogP contribution in [-0.4, -0.2) is 12.4 Å². The van der Waals surface area contributed by atoms with Gasteiger partial charge in [-0.3, -0.25) is 4.79 Å². The lowest BCUT2D eigenvalue weighted by molar-refractivity contribution is 0.0917. The number of carbonyl (C=O) groups excluding carboxylic acids is 1. The van der Waals surface area contributed by atoms with Gasteiger partial charge in [-0.1, -0.05) is 15.9 Å². The van der Waals surface area contributed by atoms with Gasteiger partial charge in [0.15, 0.2) is 35.6 Å². The van der Waals surface area contributed by atoms with Crippen LogP contribution in [0.4, 0.5) is 17.6 Å². The van der Waals surface area contributed by atoms with Crippen LogP contribution >= 0.6 is 15.9 Å². The number of benzene rings is 2. The molecule has 21 heavy (non-hydrogen) atoms. The van der Waals surface area contributed by atoms with E-state index in [4.69, 9.17) is 4.74 Å². The van der Waals surface area contributed by atoms with E-state index in [9.17, 15) is 22.4 Å². The van der Waals surface area contributed by atoms with Crippen LogP contribution in [0.15, 0.2) is 34.8 Å². The lowest BCUT2D eigenvalue weighted by atomic mass is 10.1. The van der Waals surface area contributed by atoms with Gasteiger partial charge in [-0.05, 0) is 30.3 Å². The third-order valence-electron chi connectivity index (χ3n) is 2.56. The van der Waals surface area contributed by atoms with Crippen LogP contribution in [0.3, 0.4) is 0 Å². The number of hydrogen-bond donors (Lipinski definition) is 0. The highest BCUT2D eigenvalue weighted by atomic mass is 79.9. The van der Waals surface area contributed by atoms with Crippen LogP contribution in [0.5, 0.6) is 5.75 Å². The fraction of sp³-hybridized carbons (Fsp3) is 0.0714. The van der Waals surface area contributed by atoms with Crippen molar-refractivity contribution < 1.29 is 27.1 Å². The van der Waals surface area contributed by atoms with Gasteiger partial charge in [0.2, 0.25) is 5.82 Å². The van der Waals surface area contributed by atoms with Crippen molar-refractivity contribution >= 4 is 21.7 Å². The van der Waals surface area contributed by atoms with Gasteiger partial charge in [0.1, 0.15) is 0 Å². The van der Waals surface area contributed by atoms with E-state index in [1.807, 2.05) is 0 Å². The predicted molar refractivity (Wildman–Crippen MR) is 70.2 cm³/mol. The second-order valence-electron chi connectivity index (χ2n) is 4.04. The van der Waals surface area contributed by atoms with E-state index in [0.29, 0.717) is 6.07 Å². The highest BCUT2D eigenvalue weighted by Gasteiger charge is 2.15. The van der Waals surface area contributed by atoms with Crippen molar-refractivity contribution in [1.82, 2.24) is 0 Å². The van der Waals surface area contributed by atoms with Crippen LogP contribution in [-0.2, 0) is 0 Å². The lowest BCUT2D eigenvalue weighted by Gasteiger charge is -2.08. The summed E-state index contributed by atoms with van der Waals surface area (Å²) in [7, 11) is 0. The summed E-state index contributed by atoms with van der Waals surface area (Å²) in [6, 6.07) is 4.62. The lowest BCUT2D eigenvalue weighted by Crippen LogP contribution is -2.13. The summed E-state index contributed by atoms with van der Waals surface area (Å²) in [5.41, 5.74) is -0.134. The topological polar surface area (TPSA) is 26.3 Å². The zero-order valence-corrected chi connectivity index (χ0v) is 11.9. The molecule has 0 saturated carbocycles. The molecule has 0 heterocycles. The number of rotatable bonds is 4. The van der Waals surface area contributed by atoms with Crippen LogP contribution in [0.25, 0.3) is 0 Å². The molecule has 0 spiro atoms. The molecule has 0 radical (unpaired) electrons. The molecule has 2 nitrogen and oxygen atoms in total. The molecule has 0 atom stereocenters. The number of Topliss-reactive ketones (excluding diaryl/α,β-unsaturated/α-hetero) is 1. The van der Waals surface area contributed by atoms with Gasteiger partial charge in [-0.25, -0.2) is 13.2 Å². The Balaban J connectivity index is 2.12. The Bertz CT molecular complexity index is 704. The molecule has 0 aliphatic rings. The van der Waals surface area contributed by atoms with Gasteiger partial charge in [0.05, 0.1) is 0 Å². The molecule has 0 N–H and O–H groups in total. The minimum atomic E-state index is -1.24. The number of ether oxygens (including phenoxy) is 1. The van der Waals surface area contributed by atoms with Crippen LogP contribution in [0.1, 0.15) is 10.4 Å². The quantitative estimate of drug-likeness (QED) is 0.461. The highest BCUT2D eigenvalue weighted by molar-refractivity contribution is 9.10. The summed E-state index contributed by atoms with van der Waals surface area (Å²) in [6.07, 6.45) is 0. The second-order valence-corrected chi connectivity index (χ2v) is 4.96. The summed E-state index contributed by atoms with van der Waals surface area (Å²) in [4.78, 5) is 11.7. The molecule has 2 rings (SSSR count). The van der Waals surface area contributed by atoms with E-state index in [1.54, 1.807) is 0 Å². The zero-order chi connectivity index (χ0) is 15.6. The molecule has 2 aromatic carbocycles. The standard InChI is InChI=1S/C14H7BrF4O2/c15-8-4-11(18)14(19)13(5-8)21-6-12(20)7-1-2-9(16)10(17)3-7/h1-5H,6H2. The van der Waals surface area contributed by atoms with Crippen LogP contribution in [0, 0.1) is 23.3 Å². The van der Waals surface area contributed by atoms with E-state index >= 15 is 0 Å². The normalized spacial score (nSPS) is 10.5. The first-order valence-electron chi connectivity index (χ1n) is 5.64. The molecular formula is C14H7BrF4O2. The maximum atomic E-state index is 13.4. The number of halogens is 5. The fourth-order valence-corrected chi connectivity index (χ4v) is 1.94. The highest BCUT2D eigenvalue weighted by Crippen LogP contribution is 2.25. The number of hydrogen-bond acceptors (Lipinski definition) is 2. The largest absolute Gasteiger partial charge is 0.482 e. The maximum absolute atomic E-state index is 13.4. The molecule has 0 bridgehead atoms. The minimum absolute atomic E-state index is 0.134. The molecule has 0 amide bonds. The van der Waals surface area contributed by atoms with E-state index < -0.39 is 41.4 Å². The SMILES string of the molecule is O=C(COc1cc(Br)cc(F)c1F)c1ccc(F)c(F)c1. The van der Waals surface area contributed by atoms with Crippen molar-refractivity contribution in [3.05, 3.63) is 63.6 Å². The minimum Gasteiger partial charge on any atom is -0.482 e. The van der Waals surface area contributed by atoms with Gasteiger partial charge in [0.25, 0.3) is 0 Å². The number of ketones is 1. The second kappa shape index (κ2) is 6.26. The molecule has 0 unspecified atom stereocenters. The molecule has 0 aromatic heterocycles. The average Bonchev–Trinajstić information content (AvgIpc) is 2.43. The maximum Gasteiger partial charge on any atom is 0.200 e. The van der Waals surface area contributed by atoms with Gasteiger partial charge < -0.3 is 4.74 Å². The third kappa shape index (κ3) is 3.60. The van der Waals surface area contributed by atoms with Gasteiger partial charge in [0, 0.05) is 10.0 Å². The molecular weight excluding hydrogens is 356 g/mol. The van der Waals surface area contributed by atoms with Crippen LogP contribution < -0.4 is 4.74 Å². The first-order valence-corrected chi connectivity index (χ1v) is 6.43. The summed E-state index contributed by atoms with van der Waals surface area (Å²) < 4.78 is 57.4. The van der Waals surface area contributed by atoms with Gasteiger partial charge in [-0.15, -0.1) is 0 Å². The molecule has 0 aliphatic heterocycles. The van der Waals surface area contributed by atoms with Crippen LogP contribution in [0.2, 0.25) is 0 Å². The Morgan fingerprint density at radius 1 is 1.00 bits per heavy atom. The van der Waals surface area contributed by atoms with E-state index in [2.05, 4.69) is 15.9 Å². The molecule has 110 valence electrons. The average molecular weight is 363 g/mol. The van der Waals surface area contributed by atoms with Crippen molar-refractivity contribution in [3.8, 4) is 5.75 Å². The smallest absolute Gasteiger partial charge is 0.200 e. The first kappa shape index (κ1) is 15.5. The summed E-state index contributed by atoms with van der Waals surface area (Å²) in [5, 5.41) is 0. The molecule has 2 aromatic rings. The Labute approximate surface area is 125 Å². The summed E-state index contributed by atoms with van der Waals surface area (Å²) in [6.45, 7) is -0.641.